The minimum absolute atomic E-state index is 0.0298. The molecule has 1 N–H and O–H groups in total. The molecule has 0 atom stereocenters. The van der Waals surface area contributed by atoms with Gasteiger partial charge in [0.2, 0.25) is 11.7 Å². The van der Waals surface area contributed by atoms with E-state index in [-0.39, 0.29) is 5.75 Å². The highest BCUT2D eigenvalue weighted by Crippen LogP contribution is 2.21. The molecule has 18 heavy (non-hydrogen) atoms. The topological polar surface area (TPSA) is 76.2 Å². The molecule has 0 radical (unpaired) electrons. The van der Waals surface area contributed by atoms with Crippen molar-refractivity contribution in [1.82, 2.24) is 10.1 Å². The van der Waals surface area contributed by atoms with Gasteiger partial charge in [0.25, 0.3) is 0 Å². The molecule has 1 heterocycles. The van der Waals surface area contributed by atoms with Crippen LogP contribution in [0.4, 0.5) is 0 Å². The van der Waals surface area contributed by atoms with Crippen molar-refractivity contribution in [2.24, 2.45) is 0 Å². The molecule has 0 saturated heterocycles. The van der Waals surface area contributed by atoms with Crippen molar-refractivity contribution >= 4 is 17.7 Å². The average Bonchev–Trinajstić information content (AvgIpc) is 2.78. The van der Waals surface area contributed by atoms with Gasteiger partial charge in [-0.2, -0.15) is 4.98 Å². The smallest absolute Gasteiger partial charge is 0.313 e. The second-order valence-corrected chi connectivity index (χ2v) is 4.70. The quantitative estimate of drug-likeness (QED) is 0.893. The van der Waals surface area contributed by atoms with Gasteiger partial charge in [-0.15, -0.1) is 11.8 Å². The highest BCUT2D eigenvalue weighted by molar-refractivity contribution is 7.99. The van der Waals surface area contributed by atoms with Crippen LogP contribution in [0.1, 0.15) is 11.5 Å². The summed E-state index contributed by atoms with van der Waals surface area (Å²) in [5.41, 5.74) is 2.00. The number of aromatic nitrogens is 2. The van der Waals surface area contributed by atoms with E-state index in [0.29, 0.717) is 17.5 Å². The van der Waals surface area contributed by atoms with E-state index >= 15 is 0 Å². The SMILES string of the molecule is Cc1ccccc1-c1noc(CSCC(=O)O)n1. The Bertz CT molecular complexity index is 554. The first-order chi connectivity index (χ1) is 8.66. The van der Waals surface area contributed by atoms with Crippen LogP contribution in [0.5, 0.6) is 0 Å². The summed E-state index contributed by atoms with van der Waals surface area (Å²) in [4.78, 5) is 14.6. The van der Waals surface area contributed by atoms with Crippen LogP contribution in [-0.4, -0.2) is 27.0 Å². The fourth-order valence-electron chi connectivity index (χ4n) is 1.47. The van der Waals surface area contributed by atoms with E-state index in [1.807, 2.05) is 31.2 Å². The van der Waals surface area contributed by atoms with Gasteiger partial charge in [0.05, 0.1) is 11.5 Å². The van der Waals surface area contributed by atoms with Crippen molar-refractivity contribution in [3.05, 3.63) is 35.7 Å². The van der Waals surface area contributed by atoms with Crippen LogP contribution in [0.25, 0.3) is 11.4 Å². The van der Waals surface area contributed by atoms with E-state index < -0.39 is 5.97 Å². The van der Waals surface area contributed by atoms with Gasteiger partial charge in [0.1, 0.15) is 0 Å². The van der Waals surface area contributed by atoms with Gasteiger partial charge in [-0.1, -0.05) is 29.4 Å². The number of hydrogen-bond donors (Lipinski definition) is 1. The van der Waals surface area contributed by atoms with Crippen molar-refractivity contribution < 1.29 is 14.4 Å². The fourth-order valence-corrected chi connectivity index (χ4v) is 2.04. The van der Waals surface area contributed by atoms with E-state index in [2.05, 4.69) is 10.1 Å². The third-order valence-corrected chi connectivity index (χ3v) is 3.21. The average molecular weight is 264 g/mol. The molecule has 2 rings (SSSR count). The Labute approximate surface area is 108 Å². The summed E-state index contributed by atoms with van der Waals surface area (Å²) in [6.07, 6.45) is 0. The minimum Gasteiger partial charge on any atom is -0.481 e. The number of carbonyl (C=O) groups is 1. The number of nitrogens with zero attached hydrogens (tertiary/aromatic N) is 2. The zero-order valence-corrected chi connectivity index (χ0v) is 10.6. The second-order valence-electron chi connectivity index (χ2n) is 3.71. The summed E-state index contributed by atoms with van der Waals surface area (Å²) in [5, 5.41) is 12.4. The van der Waals surface area contributed by atoms with Crippen LogP contribution in [0.2, 0.25) is 0 Å². The van der Waals surface area contributed by atoms with Crippen LogP contribution in [-0.2, 0) is 10.5 Å². The third-order valence-electron chi connectivity index (χ3n) is 2.31. The summed E-state index contributed by atoms with van der Waals surface area (Å²) in [6, 6.07) is 7.76. The fraction of sp³-hybridized carbons (Fsp3) is 0.250. The second kappa shape index (κ2) is 5.68. The predicted octanol–water partition coefficient (Wildman–Crippen LogP) is 2.36. The van der Waals surface area contributed by atoms with E-state index in [9.17, 15) is 4.79 Å². The predicted molar refractivity (Wildman–Crippen MR) is 68.3 cm³/mol. The number of thioether (sulfide) groups is 1. The lowest BCUT2D eigenvalue weighted by Crippen LogP contribution is -1.98. The van der Waals surface area contributed by atoms with E-state index in [1.165, 1.54) is 11.8 Å². The number of benzene rings is 1. The van der Waals surface area contributed by atoms with Crippen LogP contribution < -0.4 is 0 Å². The van der Waals surface area contributed by atoms with Gasteiger partial charge >= 0.3 is 5.97 Å². The molecule has 0 aliphatic rings. The highest BCUT2D eigenvalue weighted by atomic mass is 32.2. The molecule has 0 spiro atoms. The zero-order chi connectivity index (χ0) is 13.0. The van der Waals surface area contributed by atoms with Gasteiger partial charge in [-0.3, -0.25) is 4.79 Å². The Kier molecular flexibility index (Phi) is 3.99. The molecule has 5 nitrogen and oxygen atoms in total. The molecule has 0 unspecified atom stereocenters. The number of aryl methyl sites for hydroxylation is 1. The Morgan fingerprint density at radius 3 is 2.94 bits per heavy atom. The summed E-state index contributed by atoms with van der Waals surface area (Å²) >= 11 is 1.23. The summed E-state index contributed by atoms with van der Waals surface area (Å²) in [5.74, 6) is 0.574. The molecule has 1 aromatic heterocycles. The molecule has 0 fully saturated rings. The van der Waals surface area contributed by atoms with Crippen molar-refractivity contribution in [3.8, 4) is 11.4 Å². The van der Waals surface area contributed by atoms with Crippen molar-refractivity contribution in [2.75, 3.05) is 5.75 Å². The minimum atomic E-state index is -0.848. The molecule has 0 saturated carbocycles. The first kappa shape index (κ1) is 12.6. The molecular weight excluding hydrogens is 252 g/mol. The number of hydrogen-bond acceptors (Lipinski definition) is 5. The van der Waals surface area contributed by atoms with Crippen LogP contribution in [0.15, 0.2) is 28.8 Å². The van der Waals surface area contributed by atoms with E-state index in [1.54, 1.807) is 0 Å². The van der Waals surface area contributed by atoms with E-state index in [0.717, 1.165) is 11.1 Å². The third kappa shape index (κ3) is 3.10. The van der Waals surface area contributed by atoms with Crippen LogP contribution in [0, 0.1) is 6.92 Å². The highest BCUT2D eigenvalue weighted by Gasteiger charge is 2.10. The maximum absolute atomic E-state index is 10.4. The Balaban J connectivity index is 2.06. The number of aliphatic carboxylic acids is 1. The Morgan fingerprint density at radius 1 is 1.44 bits per heavy atom. The Morgan fingerprint density at radius 2 is 2.22 bits per heavy atom. The molecule has 0 aliphatic carbocycles. The summed E-state index contributed by atoms with van der Waals surface area (Å²) < 4.78 is 5.08. The van der Waals surface area contributed by atoms with Crippen LogP contribution >= 0.6 is 11.8 Å². The summed E-state index contributed by atoms with van der Waals surface area (Å²) in [7, 11) is 0. The molecule has 1 aromatic carbocycles. The number of carboxylic acid groups (broad SMARTS) is 1. The maximum Gasteiger partial charge on any atom is 0.313 e. The lowest BCUT2D eigenvalue weighted by molar-refractivity contribution is -0.133. The number of rotatable bonds is 5. The van der Waals surface area contributed by atoms with Gasteiger partial charge in [0, 0.05) is 5.56 Å². The Hall–Kier alpha value is -1.82. The molecular formula is C12H12N2O3S. The molecule has 94 valence electrons. The van der Waals surface area contributed by atoms with Gasteiger partial charge < -0.3 is 9.63 Å². The molecule has 6 heteroatoms. The molecule has 0 bridgehead atoms. The molecule has 2 aromatic rings. The lowest BCUT2D eigenvalue weighted by atomic mass is 10.1. The molecule has 0 aliphatic heterocycles. The van der Waals surface area contributed by atoms with Crippen LogP contribution in [0.3, 0.4) is 0 Å². The molecule has 0 amide bonds. The first-order valence-electron chi connectivity index (χ1n) is 5.35. The zero-order valence-electron chi connectivity index (χ0n) is 9.79. The first-order valence-corrected chi connectivity index (χ1v) is 6.50. The van der Waals surface area contributed by atoms with Gasteiger partial charge in [0.15, 0.2) is 0 Å². The summed E-state index contributed by atoms with van der Waals surface area (Å²) in [6.45, 7) is 1.98. The lowest BCUT2D eigenvalue weighted by Gasteiger charge is -1.97. The van der Waals surface area contributed by atoms with Crippen molar-refractivity contribution in [1.29, 1.82) is 0 Å². The van der Waals surface area contributed by atoms with Gasteiger partial charge in [-0.25, -0.2) is 0 Å². The standard InChI is InChI=1S/C12H12N2O3S/c1-8-4-2-3-5-9(8)12-13-10(17-14-12)6-18-7-11(15)16/h2-5H,6-7H2,1H3,(H,15,16). The largest absolute Gasteiger partial charge is 0.481 e. The number of carboxylic acids is 1. The van der Waals surface area contributed by atoms with Crippen molar-refractivity contribution in [2.45, 2.75) is 12.7 Å². The van der Waals surface area contributed by atoms with Gasteiger partial charge in [-0.05, 0) is 12.5 Å². The van der Waals surface area contributed by atoms with Crippen molar-refractivity contribution in [3.63, 3.8) is 0 Å². The van der Waals surface area contributed by atoms with E-state index in [4.69, 9.17) is 9.63 Å². The maximum atomic E-state index is 10.4. The normalized spacial score (nSPS) is 10.5. The monoisotopic (exact) mass is 264 g/mol.